The minimum Gasteiger partial charge on any atom is -0.358 e. The van der Waals surface area contributed by atoms with Crippen LogP contribution in [0.2, 0.25) is 0 Å². The van der Waals surface area contributed by atoms with Crippen LogP contribution in [0.5, 0.6) is 0 Å². The Bertz CT molecular complexity index is 2180. The summed E-state index contributed by atoms with van der Waals surface area (Å²) in [6.07, 6.45) is 0. The van der Waals surface area contributed by atoms with Gasteiger partial charge in [0.15, 0.2) is 0 Å². The van der Waals surface area contributed by atoms with Gasteiger partial charge in [-0.15, -0.1) is 0 Å². The molecule has 2 aliphatic rings. The highest BCUT2D eigenvalue weighted by Gasteiger charge is 2.28. The number of benzene rings is 2. The number of rotatable bonds is 4. The highest BCUT2D eigenvalue weighted by molar-refractivity contribution is 6.12. The van der Waals surface area contributed by atoms with E-state index in [4.69, 9.17) is 9.98 Å². The van der Waals surface area contributed by atoms with E-state index in [-0.39, 0.29) is 0 Å². The molecule has 4 heteroatoms. The topological polar surface area (TPSA) is 56.3 Å². The summed E-state index contributed by atoms with van der Waals surface area (Å²) < 4.78 is 0. The van der Waals surface area contributed by atoms with Crippen LogP contribution in [0.1, 0.15) is 106 Å². The van der Waals surface area contributed by atoms with E-state index >= 15 is 0 Å². The zero-order valence-corrected chi connectivity index (χ0v) is 32.4. The van der Waals surface area contributed by atoms with Crippen molar-refractivity contribution in [1.29, 1.82) is 0 Å². The molecule has 2 aromatic carbocycles. The molecule has 0 saturated carbocycles. The minimum absolute atomic E-state index is 0.941. The molecule has 2 N–H and O–H groups in total. The van der Waals surface area contributed by atoms with E-state index in [2.05, 4.69) is 155 Å². The van der Waals surface area contributed by atoms with Crippen molar-refractivity contribution in [2.75, 3.05) is 0 Å². The minimum atomic E-state index is 0.941. The molecule has 254 valence electrons. The van der Waals surface area contributed by atoms with Gasteiger partial charge in [-0.05, 0) is 165 Å². The number of nitrogens with one attached hydrogen (secondary N) is 2. The Morgan fingerprint density at radius 3 is 1.04 bits per heavy atom. The summed E-state index contributed by atoms with van der Waals surface area (Å²) in [5, 5.41) is 0. The van der Waals surface area contributed by atoms with E-state index in [9.17, 15) is 0 Å². The molecule has 0 amide bonds. The fourth-order valence-corrected chi connectivity index (χ4v) is 8.22. The van der Waals surface area contributed by atoms with Crippen LogP contribution in [0.4, 0.5) is 0 Å². The van der Waals surface area contributed by atoms with Gasteiger partial charge in [0.1, 0.15) is 0 Å². The third-order valence-corrected chi connectivity index (χ3v) is 10.2. The van der Waals surface area contributed by atoms with Gasteiger partial charge < -0.3 is 9.97 Å². The predicted octanol–water partition coefficient (Wildman–Crippen LogP) is 11.2. The lowest BCUT2D eigenvalue weighted by molar-refractivity contribution is 1.19. The Balaban J connectivity index is 1.56. The van der Waals surface area contributed by atoms with Crippen LogP contribution in [0, 0.1) is 81.1 Å². The Morgan fingerprint density at radius 1 is 0.440 bits per heavy atom. The quantitative estimate of drug-likeness (QED) is 0.205. The monoisotopic (exact) mass is 658 g/mol. The summed E-state index contributed by atoms with van der Waals surface area (Å²) in [6, 6.07) is 13.5. The van der Waals surface area contributed by atoms with Crippen molar-refractivity contribution in [1.82, 2.24) is 9.97 Å². The number of allylic oxidation sites excluding steroid dienone is 4. The number of aryl methyl sites for hydroxylation is 10. The maximum absolute atomic E-state index is 5.24. The molecule has 0 saturated heterocycles. The molecule has 0 atom stereocenters. The summed E-state index contributed by atoms with van der Waals surface area (Å²) in [7, 11) is 0. The van der Waals surface area contributed by atoms with E-state index < -0.39 is 0 Å². The molecule has 0 spiro atoms. The third kappa shape index (κ3) is 6.00. The Morgan fingerprint density at radius 2 is 0.760 bits per heavy atom. The van der Waals surface area contributed by atoms with E-state index in [0.717, 1.165) is 79.0 Å². The highest BCUT2D eigenvalue weighted by atomic mass is 14.8. The molecule has 0 radical (unpaired) electrons. The van der Waals surface area contributed by atoms with Crippen molar-refractivity contribution in [3.8, 4) is 11.8 Å². The lowest BCUT2D eigenvalue weighted by Gasteiger charge is -2.18. The van der Waals surface area contributed by atoms with Crippen molar-refractivity contribution < 1.29 is 0 Å². The van der Waals surface area contributed by atoms with Crippen molar-refractivity contribution in [3.05, 3.63) is 148 Å². The van der Waals surface area contributed by atoms with Gasteiger partial charge in [0.25, 0.3) is 0 Å². The molecule has 4 nitrogen and oxygen atoms in total. The van der Waals surface area contributed by atoms with Gasteiger partial charge in [-0.3, -0.25) is 9.98 Å². The van der Waals surface area contributed by atoms with E-state index in [1.54, 1.807) is 0 Å². The lowest BCUT2D eigenvalue weighted by atomic mass is 9.88. The van der Waals surface area contributed by atoms with Crippen LogP contribution >= 0.6 is 0 Å². The molecule has 0 aliphatic carbocycles. The van der Waals surface area contributed by atoms with Crippen molar-refractivity contribution in [3.63, 3.8) is 0 Å². The van der Waals surface area contributed by atoms with Gasteiger partial charge in [-0.2, -0.15) is 0 Å². The zero-order chi connectivity index (χ0) is 36.3. The Kier molecular flexibility index (Phi) is 8.99. The van der Waals surface area contributed by atoms with E-state index in [1.807, 2.05) is 0 Å². The van der Waals surface area contributed by atoms with Crippen molar-refractivity contribution in [2.45, 2.75) is 96.9 Å². The average Bonchev–Trinajstić information content (AvgIpc) is 3.70. The van der Waals surface area contributed by atoms with Crippen LogP contribution in [0.15, 0.2) is 80.1 Å². The number of aromatic amines is 2. The fourth-order valence-electron chi connectivity index (χ4n) is 8.22. The van der Waals surface area contributed by atoms with Crippen LogP contribution < -0.4 is 0 Å². The average molecular weight is 659 g/mol. The molecule has 6 rings (SSSR count). The number of aromatic nitrogens is 2. The largest absolute Gasteiger partial charge is 0.358 e. The molecule has 2 aliphatic heterocycles. The second-order valence-corrected chi connectivity index (χ2v) is 14.7. The van der Waals surface area contributed by atoms with Crippen LogP contribution in [-0.2, 0) is 0 Å². The standard InChI is InChI=1S/C46H50N4/c1-23-17-25(3)39(26(4)18-23)41(43-29(7)21-31(9)47-43)45-33(11)37(35(13)49-45)15-16-38-34(12)46(50-36(38)14)42(44-30(8)22-32(10)48-44)40-27(5)19-24(2)20-28(40)6/h17-22,47-48H,1-14H3/b45-41+,46-42+. The molecule has 2 aromatic heterocycles. The number of hydrogen-bond donors (Lipinski definition) is 2. The molecule has 0 fully saturated rings. The van der Waals surface area contributed by atoms with Gasteiger partial charge >= 0.3 is 0 Å². The second-order valence-electron chi connectivity index (χ2n) is 14.7. The van der Waals surface area contributed by atoms with Gasteiger partial charge in [0, 0.05) is 22.5 Å². The summed E-state index contributed by atoms with van der Waals surface area (Å²) in [4.78, 5) is 17.8. The second kappa shape index (κ2) is 13.0. The van der Waals surface area contributed by atoms with Crippen molar-refractivity contribution >= 4 is 22.6 Å². The number of nitrogens with zero attached hydrogens (tertiary/aromatic N) is 2. The SMILES string of the molecule is CC1=N/C(=C(/c2[nH]c(C)cc2C)c2c(C)cc(C)cc2C)C(C)=C1C#CC1=C(C)/C(=C(\c2[nH]c(C)cc2C)c2c(C)cc(C)cc2C)N=C1C. The Hall–Kier alpha value is -5.14. The molecular weight excluding hydrogens is 609 g/mol. The molecule has 0 bridgehead atoms. The lowest BCUT2D eigenvalue weighted by Crippen LogP contribution is -2.02. The first-order chi connectivity index (χ1) is 23.6. The first-order valence-electron chi connectivity index (χ1n) is 17.6. The predicted molar refractivity (Wildman–Crippen MR) is 213 cm³/mol. The van der Waals surface area contributed by atoms with Gasteiger partial charge in [0.05, 0.1) is 45.4 Å². The summed E-state index contributed by atoms with van der Waals surface area (Å²) in [5.41, 5.74) is 27.2. The summed E-state index contributed by atoms with van der Waals surface area (Å²) in [5.74, 6) is 7.20. The van der Waals surface area contributed by atoms with Gasteiger partial charge in [-0.1, -0.05) is 47.2 Å². The maximum atomic E-state index is 5.24. The van der Waals surface area contributed by atoms with Crippen LogP contribution in [0.3, 0.4) is 0 Å². The first kappa shape index (κ1) is 34.7. The van der Waals surface area contributed by atoms with Crippen LogP contribution in [-0.4, -0.2) is 21.4 Å². The molecule has 50 heavy (non-hydrogen) atoms. The summed E-state index contributed by atoms with van der Waals surface area (Å²) >= 11 is 0. The summed E-state index contributed by atoms with van der Waals surface area (Å²) in [6.45, 7) is 30.2. The molecule has 4 aromatic rings. The third-order valence-electron chi connectivity index (χ3n) is 10.2. The van der Waals surface area contributed by atoms with E-state index in [1.165, 1.54) is 55.6 Å². The first-order valence-corrected chi connectivity index (χ1v) is 17.6. The maximum Gasteiger partial charge on any atom is 0.0775 e. The molecule has 0 unspecified atom stereocenters. The van der Waals surface area contributed by atoms with Crippen LogP contribution in [0.25, 0.3) is 11.1 Å². The highest BCUT2D eigenvalue weighted by Crippen LogP contribution is 2.42. The normalized spacial score (nSPS) is 16.6. The smallest absolute Gasteiger partial charge is 0.0775 e. The Labute approximate surface area is 299 Å². The van der Waals surface area contributed by atoms with Crippen molar-refractivity contribution in [2.24, 2.45) is 9.98 Å². The number of H-pyrrole nitrogens is 2. The number of aliphatic imine (C=N–C) groups is 2. The van der Waals surface area contributed by atoms with Gasteiger partial charge in [0.2, 0.25) is 0 Å². The number of hydrogen-bond acceptors (Lipinski definition) is 2. The van der Waals surface area contributed by atoms with E-state index in [0.29, 0.717) is 0 Å². The molecule has 4 heterocycles. The molecular formula is C46H50N4. The zero-order valence-electron chi connectivity index (χ0n) is 32.4. The van der Waals surface area contributed by atoms with Gasteiger partial charge in [-0.25, -0.2) is 0 Å². The fraction of sp³-hybridized carbons (Fsp3) is 0.304.